The molecule has 2 aliphatic rings. The van der Waals surface area contributed by atoms with Gasteiger partial charge in [-0.2, -0.15) is 4.98 Å². The Balaban J connectivity index is 1.57. The minimum absolute atomic E-state index is 0.103. The van der Waals surface area contributed by atoms with Gasteiger partial charge in [0.2, 0.25) is 5.89 Å². The molecule has 2 amide bonds. The molecule has 2 fully saturated rings. The first-order chi connectivity index (χ1) is 10.5. The first-order valence-corrected chi connectivity index (χ1v) is 8.02. The summed E-state index contributed by atoms with van der Waals surface area (Å²) in [6, 6.07) is -0.561. The van der Waals surface area contributed by atoms with Gasteiger partial charge in [-0.3, -0.25) is 0 Å². The van der Waals surface area contributed by atoms with Crippen LogP contribution in [0.25, 0.3) is 0 Å². The summed E-state index contributed by atoms with van der Waals surface area (Å²) in [6.07, 6.45) is 4.16. The molecule has 122 valence electrons. The number of urea groups is 1. The van der Waals surface area contributed by atoms with Crippen LogP contribution in [-0.4, -0.2) is 34.4 Å². The van der Waals surface area contributed by atoms with Crippen LogP contribution < -0.4 is 10.6 Å². The highest BCUT2D eigenvalue weighted by Gasteiger charge is 2.42. The number of nitrogens with zero attached hydrogens (tertiary/aromatic N) is 2. The molecule has 1 aromatic heterocycles. The third-order valence-electron chi connectivity index (χ3n) is 4.54. The van der Waals surface area contributed by atoms with Crippen LogP contribution in [0.4, 0.5) is 4.79 Å². The van der Waals surface area contributed by atoms with Crippen LogP contribution >= 0.6 is 0 Å². The predicted octanol–water partition coefficient (Wildman–Crippen LogP) is 1.72. The van der Waals surface area contributed by atoms with Crippen molar-refractivity contribution in [1.29, 1.82) is 0 Å². The van der Waals surface area contributed by atoms with Crippen molar-refractivity contribution in [2.24, 2.45) is 11.3 Å². The van der Waals surface area contributed by atoms with E-state index in [9.17, 15) is 9.90 Å². The van der Waals surface area contributed by atoms with Crippen molar-refractivity contribution in [3.05, 3.63) is 11.7 Å². The number of carbonyl (C=O) groups is 1. The summed E-state index contributed by atoms with van der Waals surface area (Å²) in [5.74, 6) is 1.79. The number of carbonyl (C=O) groups excluding carboxylic acids is 1. The highest BCUT2D eigenvalue weighted by Crippen LogP contribution is 2.44. The maximum atomic E-state index is 12.1. The number of rotatable bonds is 7. The minimum Gasteiger partial charge on any atom is -0.396 e. The van der Waals surface area contributed by atoms with E-state index in [0.717, 1.165) is 31.5 Å². The standard InChI is InChI=1S/C15H24N4O3/c1-9(2)11(13-18-12(19-22-13)10-3-4-10)17-14(21)16-7-15(8-20)5-6-15/h9-11,20H,3-8H2,1-2H3,(H2,16,17,21). The van der Waals surface area contributed by atoms with Gasteiger partial charge in [-0.15, -0.1) is 0 Å². The smallest absolute Gasteiger partial charge is 0.315 e. The van der Waals surface area contributed by atoms with Crippen LogP contribution in [0.15, 0.2) is 4.52 Å². The van der Waals surface area contributed by atoms with Crippen molar-refractivity contribution in [3.63, 3.8) is 0 Å². The van der Waals surface area contributed by atoms with Gasteiger partial charge >= 0.3 is 6.03 Å². The van der Waals surface area contributed by atoms with Gasteiger partial charge in [0.15, 0.2) is 5.82 Å². The van der Waals surface area contributed by atoms with Gasteiger partial charge < -0.3 is 20.3 Å². The van der Waals surface area contributed by atoms with Crippen LogP contribution in [0.2, 0.25) is 0 Å². The largest absolute Gasteiger partial charge is 0.396 e. The summed E-state index contributed by atoms with van der Waals surface area (Å²) in [5, 5.41) is 19.0. The Hall–Kier alpha value is -1.63. The van der Waals surface area contributed by atoms with Gasteiger partial charge in [-0.05, 0) is 31.6 Å². The molecular formula is C15H24N4O3. The van der Waals surface area contributed by atoms with Gasteiger partial charge in [-0.25, -0.2) is 4.79 Å². The van der Waals surface area contributed by atoms with Crippen LogP contribution in [0.1, 0.15) is 63.2 Å². The lowest BCUT2D eigenvalue weighted by atomic mass is 10.0. The van der Waals surface area contributed by atoms with Crippen LogP contribution in [-0.2, 0) is 0 Å². The lowest BCUT2D eigenvalue weighted by Crippen LogP contribution is -2.42. The molecule has 1 unspecified atom stereocenters. The molecule has 0 aromatic carbocycles. The maximum Gasteiger partial charge on any atom is 0.315 e. The second-order valence-electron chi connectivity index (χ2n) is 6.97. The summed E-state index contributed by atoms with van der Waals surface area (Å²) in [5.41, 5.74) is -0.103. The molecule has 1 atom stereocenters. The van der Waals surface area contributed by atoms with Crippen molar-refractivity contribution in [3.8, 4) is 0 Å². The highest BCUT2D eigenvalue weighted by atomic mass is 16.5. The Morgan fingerprint density at radius 1 is 1.45 bits per heavy atom. The number of aliphatic hydroxyl groups is 1. The molecule has 0 aliphatic heterocycles. The molecule has 22 heavy (non-hydrogen) atoms. The topological polar surface area (TPSA) is 100 Å². The molecule has 1 heterocycles. The molecule has 7 heteroatoms. The normalized spacial score (nSPS) is 20.7. The third-order valence-corrected chi connectivity index (χ3v) is 4.54. The summed E-state index contributed by atoms with van der Waals surface area (Å²) < 4.78 is 5.33. The average molecular weight is 308 g/mol. The minimum atomic E-state index is -0.302. The summed E-state index contributed by atoms with van der Waals surface area (Å²) >= 11 is 0. The Kier molecular flexibility index (Phi) is 4.08. The second-order valence-corrected chi connectivity index (χ2v) is 6.97. The number of hydrogen-bond donors (Lipinski definition) is 3. The van der Waals surface area contributed by atoms with Crippen molar-refractivity contribution >= 4 is 6.03 Å². The van der Waals surface area contributed by atoms with E-state index >= 15 is 0 Å². The Morgan fingerprint density at radius 3 is 2.73 bits per heavy atom. The lowest BCUT2D eigenvalue weighted by molar-refractivity contribution is 0.198. The average Bonchev–Trinajstić information content (AvgIpc) is 3.42. The van der Waals surface area contributed by atoms with E-state index in [1.54, 1.807) is 0 Å². The first-order valence-electron chi connectivity index (χ1n) is 8.02. The zero-order chi connectivity index (χ0) is 15.7. The third kappa shape index (κ3) is 3.40. The van der Waals surface area contributed by atoms with Crippen molar-refractivity contribution < 1.29 is 14.4 Å². The monoisotopic (exact) mass is 308 g/mol. The Morgan fingerprint density at radius 2 is 2.18 bits per heavy atom. The molecule has 7 nitrogen and oxygen atoms in total. The zero-order valence-corrected chi connectivity index (χ0v) is 13.1. The summed E-state index contributed by atoms with van der Waals surface area (Å²) in [6.45, 7) is 4.62. The van der Waals surface area contributed by atoms with E-state index < -0.39 is 0 Å². The highest BCUT2D eigenvalue weighted by molar-refractivity contribution is 5.74. The maximum absolute atomic E-state index is 12.1. The number of nitrogens with one attached hydrogen (secondary N) is 2. The fourth-order valence-corrected chi connectivity index (χ4v) is 2.42. The van der Waals surface area contributed by atoms with E-state index in [2.05, 4.69) is 20.8 Å². The molecule has 1 aromatic rings. The van der Waals surface area contributed by atoms with E-state index in [0.29, 0.717) is 18.4 Å². The molecule has 0 saturated heterocycles. The van der Waals surface area contributed by atoms with Gasteiger partial charge in [0, 0.05) is 17.9 Å². The lowest BCUT2D eigenvalue weighted by Gasteiger charge is -2.20. The van der Waals surface area contributed by atoms with E-state index in [1.807, 2.05) is 13.8 Å². The molecule has 2 aliphatic carbocycles. The van der Waals surface area contributed by atoms with Gasteiger partial charge in [0.05, 0.1) is 6.61 Å². The number of amides is 2. The van der Waals surface area contributed by atoms with Crippen molar-refractivity contribution in [2.45, 2.75) is 51.5 Å². The number of hydrogen-bond acceptors (Lipinski definition) is 5. The molecule has 3 N–H and O–H groups in total. The zero-order valence-electron chi connectivity index (χ0n) is 13.1. The summed E-state index contributed by atoms with van der Waals surface area (Å²) in [7, 11) is 0. The van der Waals surface area contributed by atoms with Crippen molar-refractivity contribution in [1.82, 2.24) is 20.8 Å². The van der Waals surface area contributed by atoms with E-state index in [4.69, 9.17) is 4.52 Å². The Bertz CT molecular complexity index is 535. The van der Waals surface area contributed by atoms with Crippen LogP contribution in [0.3, 0.4) is 0 Å². The Labute approximate surface area is 129 Å². The predicted molar refractivity (Wildman–Crippen MR) is 79.1 cm³/mol. The van der Waals surface area contributed by atoms with Crippen LogP contribution in [0, 0.1) is 11.3 Å². The number of aromatic nitrogens is 2. The fourth-order valence-electron chi connectivity index (χ4n) is 2.42. The molecule has 2 saturated carbocycles. The van der Waals surface area contributed by atoms with Crippen molar-refractivity contribution in [2.75, 3.05) is 13.2 Å². The van der Waals surface area contributed by atoms with Gasteiger partial charge in [-0.1, -0.05) is 19.0 Å². The second kappa shape index (κ2) is 5.87. The number of aliphatic hydroxyl groups excluding tert-OH is 1. The van der Waals surface area contributed by atoms with Gasteiger partial charge in [0.25, 0.3) is 0 Å². The molecular weight excluding hydrogens is 284 g/mol. The molecule has 0 radical (unpaired) electrons. The SMILES string of the molecule is CC(C)C(NC(=O)NCC1(CO)CC1)c1nc(C2CC2)no1. The summed E-state index contributed by atoms with van der Waals surface area (Å²) in [4.78, 5) is 16.5. The quantitative estimate of drug-likeness (QED) is 0.712. The molecule has 3 rings (SSSR count). The first kappa shape index (κ1) is 15.3. The van der Waals surface area contributed by atoms with E-state index in [-0.39, 0.29) is 30.0 Å². The van der Waals surface area contributed by atoms with Gasteiger partial charge in [0.1, 0.15) is 6.04 Å². The fraction of sp³-hybridized carbons (Fsp3) is 0.800. The van der Waals surface area contributed by atoms with Crippen LogP contribution in [0.5, 0.6) is 0 Å². The molecule has 0 bridgehead atoms. The van der Waals surface area contributed by atoms with E-state index in [1.165, 1.54) is 0 Å². The molecule has 0 spiro atoms.